The zero-order valence-electron chi connectivity index (χ0n) is 10.8. The van der Waals surface area contributed by atoms with Crippen LogP contribution in [0.25, 0.3) is 0 Å². The van der Waals surface area contributed by atoms with Crippen LogP contribution in [0.15, 0.2) is 60.5 Å². The first-order chi connectivity index (χ1) is 9.16. The third-order valence-electron chi connectivity index (χ3n) is 2.99. The summed E-state index contributed by atoms with van der Waals surface area (Å²) in [6.45, 7) is 1.88. The van der Waals surface area contributed by atoms with Crippen molar-refractivity contribution in [3.05, 3.63) is 71.8 Å². The number of Topliss-reactive ketones (excluding diaryl/α,β-unsaturated/α-hetero) is 1. The maximum atomic E-state index is 12.8. The predicted molar refractivity (Wildman–Crippen MR) is 74.0 cm³/mol. The van der Waals surface area contributed by atoms with E-state index in [9.17, 15) is 9.18 Å². The van der Waals surface area contributed by atoms with Gasteiger partial charge in [-0.3, -0.25) is 4.79 Å². The SMILES string of the molecule is CC(CC1=CC=CC=CN1)C(=O)c1ccc(F)cc1. The topological polar surface area (TPSA) is 29.1 Å². The molecule has 1 aromatic carbocycles. The van der Waals surface area contributed by atoms with Gasteiger partial charge < -0.3 is 5.32 Å². The van der Waals surface area contributed by atoms with Crippen molar-refractivity contribution in [1.82, 2.24) is 5.32 Å². The molecule has 0 aromatic heterocycles. The summed E-state index contributed by atoms with van der Waals surface area (Å²) in [5, 5.41) is 3.13. The second-order valence-corrected chi connectivity index (χ2v) is 4.56. The minimum absolute atomic E-state index is 0.0277. The van der Waals surface area contributed by atoms with E-state index in [1.807, 2.05) is 37.4 Å². The number of benzene rings is 1. The fourth-order valence-electron chi connectivity index (χ4n) is 1.94. The summed E-state index contributed by atoms with van der Waals surface area (Å²) >= 11 is 0. The van der Waals surface area contributed by atoms with Gasteiger partial charge in [-0.2, -0.15) is 0 Å². The fourth-order valence-corrected chi connectivity index (χ4v) is 1.94. The molecule has 0 saturated heterocycles. The molecule has 3 heteroatoms. The molecule has 1 atom stereocenters. The van der Waals surface area contributed by atoms with Gasteiger partial charge in [-0.25, -0.2) is 4.39 Å². The van der Waals surface area contributed by atoms with Crippen molar-refractivity contribution in [1.29, 1.82) is 0 Å². The molecule has 0 fully saturated rings. The first kappa shape index (κ1) is 13.3. The maximum Gasteiger partial charge on any atom is 0.166 e. The van der Waals surface area contributed by atoms with Crippen molar-refractivity contribution in [3.8, 4) is 0 Å². The van der Waals surface area contributed by atoms with Crippen molar-refractivity contribution >= 4 is 5.78 Å². The van der Waals surface area contributed by atoms with Crippen molar-refractivity contribution in [2.45, 2.75) is 13.3 Å². The van der Waals surface area contributed by atoms with Gasteiger partial charge >= 0.3 is 0 Å². The number of nitrogens with one attached hydrogen (secondary N) is 1. The molecule has 1 aliphatic heterocycles. The second-order valence-electron chi connectivity index (χ2n) is 4.56. The van der Waals surface area contributed by atoms with Crippen LogP contribution in [0.5, 0.6) is 0 Å². The van der Waals surface area contributed by atoms with Crippen LogP contribution in [0.4, 0.5) is 4.39 Å². The highest BCUT2D eigenvalue weighted by Crippen LogP contribution is 2.17. The van der Waals surface area contributed by atoms with Gasteiger partial charge in [-0.15, -0.1) is 0 Å². The maximum absolute atomic E-state index is 12.8. The van der Waals surface area contributed by atoms with E-state index in [0.717, 1.165) is 5.70 Å². The van der Waals surface area contributed by atoms with E-state index in [-0.39, 0.29) is 17.5 Å². The molecule has 0 radical (unpaired) electrons. The molecule has 2 rings (SSSR count). The van der Waals surface area contributed by atoms with E-state index >= 15 is 0 Å². The van der Waals surface area contributed by atoms with Crippen molar-refractivity contribution in [3.63, 3.8) is 0 Å². The number of hydrogen-bond acceptors (Lipinski definition) is 2. The summed E-state index contributed by atoms with van der Waals surface area (Å²) in [6.07, 6.45) is 10.2. The van der Waals surface area contributed by atoms with E-state index < -0.39 is 0 Å². The Balaban J connectivity index is 2.03. The highest BCUT2D eigenvalue weighted by Gasteiger charge is 2.16. The quantitative estimate of drug-likeness (QED) is 0.835. The first-order valence-corrected chi connectivity index (χ1v) is 6.25. The van der Waals surface area contributed by atoms with Crippen LogP contribution in [-0.2, 0) is 0 Å². The lowest BCUT2D eigenvalue weighted by Gasteiger charge is -2.13. The van der Waals surface area contributed by atoms with Crippen molar-refractivity contribution in [2.24, 2.45) is 5.92 Å². The lowest BCUT2D eigenvalue weighted by Crippen LogP contribution is -2.16. The van der Waals surface area contributed by atoms with Gasteiger partial charge in [0.1, 0.15) is 5.82 Å². The number of carbonyl (C=O) groups excluding carboxylic acids is 1. The second kappa shape index (κ2) is 6.14. The van der Waals surface area contributed by atoms with Crippen LogP contribution in [0, 0.1) is 11.7 Å². The molecule has 1 unspecified atom stereocenters. The molecule has 98 valence electrons. The van der Waals surface area contributed by atoms with E-state index in [1.165, 1.54) is 24.3 Å². The zero-order chi connectivity index (χ0) is 13.7. The Bertz CT molecular complexity index is 540. The summed E-state index contributed by atoms with van der Waals surface area (Å²) in [5.41, 5.74) is 1.54. The molecular formula is C16H16FNO. The van der Waals surface area contributed by atoms with Crippen molar-refractivity contribution in [2.75, 3.05) is 0 Å². The van der Waals surface area contributed by atoms with Crippen LogP contribution in [0.3, 0.4) is 0 Å². The average molecular weight is 257 g/mol. The molecule has 2 nitrogen and oxygen atoms in total. The molecule has 1 heterocycles. The fraction of sp³-hybridized carbons (Fsp3) is 0.188. The standard InChI is InChI=1S/C16H16FNO/c1-12(11-15-5-3-2-4-10-18-15)16(19)13-6-8-14(17)9-7-13/h2-10,12,18H,11H2,1H3. The molecule has 0 aliphatic carbocycles. The third-order valence-corrected chi connectivity index (χ3v) is 2.99. The Labute approximate surface area is 112 Å². The number of rotatable bonds is 4. The van der Waals surface area contributed by atoms with Gasteiger partial charge in [0.25, 0.3) is 0 Å². The number of allylic oxidation sites excluding steroid dienone is 5. The van der Waals surface area contributed by atoms with Crippen LogP contribution >= 0.6 is 0 Å². The highest BCUT2D eigenvalue weighted by atomic mass is 19.1. The molecule has 0 amide bonds. The Morgan fingerprint density at radius 2 is 1.95 bits per heavy atom. The van der Waals surface area contributed by atoms with Crippen LogP contribution in [-0.4, -0.2) is 5.78 Å². The summed E-state index contributed by atoms with van der Waals surface area (Å²) in [5.74, 6) is -0.448. The number of carbonyl (C=O) groups is 1. The van der Waals surface area contributed by atoms with E-state index in [2.05, 4.69) is 5.32 Å². The molecule has 0 spiro atoms. The van der Waals surface area contributed by atoms with Gasteiger partial charge in [-0.1, -0.05) is 19.1 Å². The summed E-state index contributed by atoms with van der Waals surface area (Å²) < 4.78 is 12.8. The predicted octanol–water partition coefficient (Wildman–Crippen LogP) is 3.59. The minimum atomic E-state index is -0.326. The van der Waals surface area contributed by atoms with Gasteiger partial charge in [0.2, 0.25) is 0 Å². The molecular weight excluding hydrogens is 241 g/mol. The Hall–Kier alpha value is -2.16. The number of halogens is 1. The smallest absolute Gasteiger partial charge is 0.166 e. The monoisotopic (exact) mass is 257 g/mol. The van der Waals surface area contributed by atoms with E-state index in [0.29, 0.717) is 12.0 Å². The van der Waals surface area contributed by atoms with Crippen molar-refractivity contribution < 1.29 is 9.18 Å². The van der Waals surface area contributed by atoms with Gasteiger partial charge in [0.05, 0.1) is 0 Å². The Morgan fingerprint density at radius 3 is 2.68 bits per heavy atom. The Kier molecular flexibility index (Phi) is 4.29. The molecule has 0 bridgehead atoms. The third kappa shape index (κ3) is 3.65. The van der Waals surface area contributed by atoms with Gasteiger partial charge in [0.15, 0.2) is 5.78 Å². The summed E-state index contributed by atoms with van der Waals surface area (Å²) in [7, 11) is 0. The lowest BCUT2D eigenvalue weighted by atomic mass is 9.95. The molecule has 0 saturated carbocycles. The van der Waals surface area contributed by atoms with Gasteiger partial charge in [-0.05, 0) is 42.8 Å². The van der Waals surface area contributed by atoms with E-state index in [1.54, 1.807) is 0 Å². The largest absolute Gasteiger partial charge is 0.365 e. The van der Waals surface area contributed by atoms with Crippen LogP contribution < -0.4 is 5.32 Å². The molecule has 1 N–H and O–H groups in total. The number of hydrogen-bond donors (Lipinski definition) is 1. The minimum Gasteiger partial charge on any atom is -0.365 e. The van der Waals surface area contributed by atoms with E-state index in [4.69, 9.17) is 0 Å². The average Bonchev–Trinajstić information content (AvgIpc) is 2.67. The molecule has 19 heavy (non-hydrogen) atoms. The summed E-state index contributed by atoms with van der Waals surface area (Å²) in [4.78, 5) is 12.2. The summed E-state index contributed by atoms with van der Waals surface area (Å²) in [6, 6.07) is 5.69. The highest BCUT2D eigenvalue weighted by molar-refractivity contribution is 5.97. The normalized spacial score (nSPS) is 15.4. The van der Waals surface area contributed by atoms with Gasteiger partial charge in [0, 0.05) is 23.4 Å². The van der Waals surface area contributed by atoms with Crippen LogP contribution in [0.2, 0.25) is 0 Å². The number of ketones is 1. The zero-order valence-corrected chi connectivity index (χ0v) is 10.8. The molecule has 1 aliphatic rings. The Morgan fingerprint density at radius 1 is 1.21 bits per heavy atom. The van der Waals surface area contributed by atoms with Crippen LogP contribution in [0.1, 0.15) is 23.7 Å². The first-order valence-electron chi connectivity index (χ1n) is 6.25. The molecule has 1 aromatic rings. The lowest BCUT2D eigenvalue weighted by molar-refractivity contribution is 0.0928.